The standard InChI is InChI=1S/C15H18N2O3.C2HF3O2/c1-8(2)14(16)15(19)17-10-4-5-12-11(7-10)9(3)6-13(18)20-12;3-2(4,5)1(6)7/h4-8,14H,16H2,1-3H3,(H,17,19);(H,6,7). The number of halogens is 3. The Morgan fingerprint density at radius 1 is 1.22 bits per heavy atom. The van der Waals surface area contributed by atoms with Gasteiger partial charge in [-0.3, -0.25) is 4.79 Å². The van der Waals surface area contributed by atoms with Crippen molar-refractivity contribution in [2.24, 2.45) is 11.7 Å². The number of carbonyl (C=O) groups excluding carboxylic acids is 1. The van der Waals surface area contributed by atoms with Gasteiger partial charge in [-0.1, -0.05) is 13.8 Å². The van der Waals surface area contributed by atoms with Crippen LogP contribution in [0.3, 0.4) is 0 Å². The van der Waals surface area contributed by atoms with E-state index >= 15 is 0 Å². The van der Waals surface area contributed by atoms with Crippen molar-refractivity contribution in [2.75, 3.05) is 5.32 Å². The van der Waals surface area contributed by atoms with Gasteiger partial charge in [0.15, 0.2) is 0 Å². The van der Waals surface area contributed by atoms with Crippen LogP contribution in [-0.2, 0) is 9.59 Å². The van der Waals surface area contributed by atoms with Gasteiger partial charge in [0, 0.05) is 17.1 Å². The van der Waals surface area contributed by atoms with Crippen LogP contribution in [0.2, 0.25) is 0 Å². The van der Waals surface area contributed by atoms with Gasteiger partial charge in [0.1, 0.15) is 5.58 Å². The summed E-state index contributed by atoms with van der Waals surface area (Å²) in [5.41, 5.74) is 7.36. The number of aryl methyl sites for hydroxylation is 1. The maximum absolute atomic E-state index is 11.9. The van der Waals surface area contributed by atoms with Crippen molar-refractivity contribution in [3.63, 3.8) is 0 Å². The van der Waals surface area contributed by atoms with E-state index in [4.69, 9.17) is 20.1 Å². The van der Waals surface area contributed by atoms with Gasteiger partial charge in [0.25, 0.3) is 0 Å². The topological polar surface area (TPSA) is 123 Å². The van der Waals surface area contributed by atoms with Gasteiger partial charge < -0.3 is 20.6 Å². The van der Waals surface area contributed by atoms with E-state index in [1.807, 2.05) is 20.8 Å². The van der Waals surface area contributed by atoms with Crippen LogP contribution >= 0.6 is 0 Å². The lowest BCUT2D eigenvalue weighted by Gasteiger charge is -2.15. The number of aliphatic carboxylic acids is 1. The van der Waals surface area contributed by atoms with E-state index in [2.05, 4.69) is 5.32 Å². The van der Waals surface area contributed by atoms with Gasteiger partial charge in [0.2, 0.25) is 5.91 Å². The van der Waals surface area contributed by atoms with Crippen molar-refractivity contribution in [3.05, 3.63) is 40.2 Å². The van der Waals surface area contributed by atoms with Gasteiger partial charge in [0.05, 0.1) is 6.04 Å². The van der Waals surface area contributed by atoms with Crippen molar-refractivity contribution in [1.82, 2.24) is 0 Å². The summed E-state index contributed by atoms with van der Waals surface area (Å²) in [4.78, 5) is 32.1. The number of carboxylic acid groups (broad SMARTS) is 1. The first-order valence-electron chi connectivity index (χ1n) is 7.74. The maximum Gasteiger partial charge on any atom is 0.490 e. The lowest BCUT2D eigenvalue weighted by molar-refractivity contribution is -0.192. The fraction of sp³-hybridized carbons (Fsp3) is 0.353. The lowest BCUT2D eigenvalue weighted by Crippen LogP contribution is -2.39. The van der Waals surface area contributed by atoms with E-state index in [-0.39, 0.29) is 17.5 Å². The first-order valence-corrected chi connectivity index (χ1v) is 7.74. The predicted molar refractivity (Wildman–Crippen MR) is 92.4 cm³/mol. The second kappa shape index (κ2) is 8.67. The molecule has 1 atom stereocenters. The Bertz CT molecular complexity index is 890. The summed E-state index contributed by atoms with van der Waals surface area (Å²) in [7, 11) is 0. The zero-order valence-corrected chi connectivity index (χ0v) is 14.8. The number of hydrogen-bond acceptors (Lipinski definition) is 5. The second-order valence-corrected chi connectivity index (χ2v) is 6.02. The first kappa shape index (κ1) is 22.2. The Morgan fingerprint density at radius 3 is 2.26 bits per heavy atom. The molecule has 0 fully saturated rings. The second-order valence-electron chi connectivity index (χ2n) is 6.02. The molecular weight excluding hydrogens is 369 g/mol. The Morgan fingerprint density at radius 2 is 1.78 bits per heavy atom. The number of carbonyl (C=O) groups is 2. The van der Waals surface area contributed by atoms with E-state index < -0.39 is 18.2 Å². The molecule has 1 unspecified atom stereocenters. The number of alkyl halides is 3. The van der Waals surface area contributed by atoms with Crippen LogP contribution in [-0.4, -0.2) is 29.2 Å². The third-order valence-electron chi connectivity index (χ3n) is 3.48. The highest BCUT2D eigenvalue weighted by atomic mass is 19.4. The molecule has 0 saturated heterocycles. The van der Waals surface area contributed by atoms with Gasteiger partial charge in [-0.15, -0.1) is 0 Å². The fourth-order valence-corrected chi connectivity index (χ4v) is 1.93. The minimum absolute atomic E-state index is 0.0650. The molecule has 0 radical (unpaired) electrons. The normalized spacial score (nSPS) is 12.3. The molecule has 148 valence electrons. The van der Waals surface area contributed by atoms with Gasteiger partial charge >= 0.3 is 17.8 Å². The van der Waals surface area contributed by atoms with E-state index in [0.717, 1.165) is 10.9 Å². The van der Waals surface area contributed by atoms with Crippen molar-refractivity contribution in [3.8, 4) is 0 Å². The largest absolute Gasteiger partial charge is 0.490 e. The molecule has 1 amide bonds. The average molecular weight is 388 g/mol. The van der Waals surface area contributed by atoms with Crippen LogP contribution in [0.4, 0.5) is 18.9 Å². The number of hydrogen-bond donors (Lipinski definition) is 3. The number of rotatable bonds is 3. The summed E-state index contributed by atoms with van der Waals surface area (Å²) in [6.07, 6.45) is -5.08. The monoisotopic (exact) mass is 388 g/mol. The molecule has 1 heterocycles. The Kier molecular flexibility index (Phi) is 7.12. The summed E-state index contributed by atoms with van der Waals surface area (Å²) >= 11 is 0. The summed E-state index contributed by atoms with van der Waals surface area (Å²) in [6, 6.07) is 6.00. The maximum atomic E-state index is 11.9. The highest BCUT2D eigenvalue weighted by molar-refractivity contribution is 5.97. The van der Waals surface area contributed by atoms with Crippen molar-refractivity contribution < 1.29 is 32.3 Å². The number of nitrogens with two attached hydrogens (primary N) is 1. The number of carboxylic acids is 1. The summed E-state index contributed by atoms with van der Waals surface area (Å²) < 4.78 is 36.8. The Labute approximate surface area is 152 Å². The fourth-order valence-electron chi connectivity index (χ4n) is 1.93. The van der Waals surface area contributed by atoms with Crippen molar-refractivity contribution >= 4 is 28.5 Å². The van der Waals surface area contributed by atoms with E-state index in [9.17, 15) is 22.8 Å². The molecule has 0 bridgehead atoms. The van der Waals surface area contributed by atoms with Crippen LogP contribution < -0.4 is 16.7 Å². The van der Waals surface area contributed by atoms with Crippen LogP contribution in [0.1, 0.15) is 19.4 Å². The smallest absolute Gasteiger partial charge is 0.475 e. The number of nitrogens with one attached hydrogen (secondary N) is 1. The molecule has 2 aromatic rings. The predicted octanol–water partition coefficient (Wildman–Crippen LogP) is 2.66. The van der Waals surface area contributed by atoms with Crippen LogP contribution in [0.5, 0.6) is 0 Å². The lowest BCUT2D eigenvalue weighted by atomic mass is 10.0. The van der Waals surface area contributed by atoms with E-state index in [1.165, 1.54) is 6.07 Å². The minimum Gasteiger partial charge on any atom is -0.475 e. The molecule has 27 heavy (non-hydrogen) atoms. The third-order valence-corrected chi connectivity index (χ3v) is 3.48. The first-order chi connectivity index (χ1) is 12.3. The van der Waals surface area contributed by atoms with Crippen LogP contribution in [0, 0.1) is 12.8 Å². The molecular formula is C17H19F3N2O5. The van der Waals surface area contributed by atoms with Crippen molar-refractivity contribution in [2.45, 2.75) is 33.0 Å². The van der Waals surface area contributed by atoms with Gasteiger partial charge in [-0.25, -0.2) is 9.59 Å². The molecule has 0 aliphatic heterocycles. The molecule has 10 heteroatoms. The molecule has 1 aromatic carbocycles. The third kappa shape index (κ3) is 6.41. The quantitative estimate of drug-likeness (QED) is 0.695. The molecule has 7 nitrogen and oxygen atoms in total. The Balaban J connectivity index is 0.000000445. The molecule has 1 aromatic heterocycles. The summed E-state index contributed by atoms with van der Waals surface area (Å²) in [5.74, 6) is -2.92. The molecule has 4 N–H and O–H groups in total. The van der Waals surface area contributed by atoms with Crippen LogP contribution in [0.25, 0.3) is 11.0 Å². The number of anilines is 1. The van der Waals surface area contributed by atoms with E-state index in [1.54, 1.807) is 18.2 Å². The zero-order chi connectivity index (χ0) is 20.9. The van der Waals surface area contributed by atoms with Gasteiger partial charge in [-0.05, 0) is 36.6 Å². The number of amides is 1. The SMILES string of the molecule is Cc1cc(=O)oc2ccc(NC(=O)C(N)C(C)C)cc12.O=C(O)C(F)(F)F. The number of fused-ring (bicyclic) bond motifs is 1. The summed E-state index contributed by atoms with van der Waals surface area (Å²) in [5, 5.41) is 10.7. The molecule has 0 aliphatic carbocycles. The van der Waals surface area contributed by atoms with Gasteiger partial charge in [-0.2, -0.15) is 13.2 Å². The highest BCUT2D eigenvalue weighted by Crippen LogP contribution is 2.21. The zero-order valence-electron chi connectivity index (χ0n) is 14.8. The number of benzene rings is 1. The van der Waals surface area contributed by atoms with E-state index in [0.29, 0.717) is 11.3 Å². The van der Waals surface area contributed by atoms with Crippen LogP contribution in [0.15, 0.2) is 33.5 Å². The molecule has 0 aliphatic rings. The molecule has 2 rings (SSSR count). The minimum atomic E-state index is -5.08. The Hall–Kier alpha value is -2.88. The highest BCUT2D eigenvalue weighted by Gasteiger charge is 2.38. The summed E-state index contributed by atoms with van der Waals surface area (Å²) in [6.45, 7) is 5.61. The van der Waals surface area contributed by atoms with Crippen molar-refractivity contribution in [1.29, 1.82) is 0 Å². The molecule has 0 saturated carbocycles. The molecule has 0 spiro atoms. The average Bonchev–Trinajstić information content (AvgIpc) is 2.54.